The monoisotopic (exact) mass is 366 g/mol. The number of fused-ring (bicyclic) bond motifs is 2. The van der Waals surface area contributed by atoms with Crippen molar-refractivity contribution in [3.8, 4) is 5.75 Å². The van der Waals surface area contributed by atoms with Crippen LogP contribution in [0.5, 0.6) is 5.75 Å². The van der Waals surface area contributed by atoms with Gasteiger partial charge in [0.15, 0.2) is 0 Å². The molecule has 0 N–H and O–H groups in total. The van der Waals surface area contributed by atoms with Crippen molar-refractivity contribution in [3.63, 3.8) is 0 Å². The molecule has 1 aromatic carbocycles. The van der Waals surface area contributed by atoms with Crippen LogP contribution in [-0.2, 0) is 22.4 Å². The molecule has 2 aromatic rings. The van der Waals surface area contributed by atoms with Crippen LogP contribution in [0.3, 0.4) is 0 Å². The van der Waals surface area contributed by atoms with Gasteiger partial charge in [0.05, 0.1) is 31.3 Å². The number of aliphatic imine (C=N–C) groups is 1. The molecule has 1 heterocycles. The van der Waals surface area contributed by atoms with Gasteiger partial charge in [-0.15, -0.1) is 0 Å². The number of hydrogen-bond donors (Lipinski definition) is 0. The lowest BCUT2D eigenvalue weighted by molar-refractivity contribution is -0.143. The molecule has 1 aromatic heterocycles. The van der Waals surface area contributed by atoms with Crippen LogP contribution in [-0.4, -0.2) is 30.9 Å². The number of carbonyl (C=O) groups is 1. The summed E-state index contributed by atoms with van der Waals surface area (Å²) in [5.74, 6) is 0.407. The molecular weight excluding hydrogens is 340 g/mol. The van der Waals surface area contributed by atoms with E-state index in [9.17, 15) is 4.79 Å². The Morgan fingerprint density at radius 2 is 1.93 bits per heavy atom. The van der Waals surface area contributed by atoms with Gasteiger partial charge in [0.1, 0.15) is 5.75 Å². The van der Waals surface area contributed by atoms with Crippen molar-refractivity contribution in [1.29, 1.82) is 0 Å². The first-order valence-electron chi connectivity index (χ1n) is 9.86. The molecule has 0 spiro atoms. The van der Waals surface area contributed by atoms with Crippen molar-refractivity contribution in [2.45, 2.75) is 51.4 Å². The summed E-state index contributed by atoms with van der Waals surface area (Å²) in [6.07, 6.45) is 8.09. The largest absolute Gasteiger partial charge is 0.497 e. The first-order chi connectivity index (χ1) is 13.2. The molecule has 0 saturated heterocycles. The topological polar surface area (TPSA) is 60.8 Å². The van der Waals surface area contributed by atoms with Crippen LogP contribution in [0.25, 0.3) is 10.9 Å². The number of rotatable bonds is 3. The van der Waals surface area contributed by atoms with Gasteiger partial charge < -0.3 is 9.47 Å². The normalized spacial score (nSPS) is 21.1. The summed E-state index contributed by atoms with van der Waals surface area (Å²) >= 11 is 0. The molecule has 1 fully saturated rings. The molecule has 0 bridgehead atoms. The van der Waals surface area contributed by atoms with E-state index in [-0.39, 0.29) is 11.9 Å². The zero-order chi connectivity index (χ0) is 18.8. The van der Waals surface area contributed by atoms with Crippen LogP contribution in [0, 0.1) is 5.92 Å². The average molecular weight is 366 g/mol. The summed E-state index contributed by atoms with van der Waals surface area (Å²) in [5, 5.41) is 1.01. The zero-order valence-corrected chi connectivity index (χ0v) is 16.1. The second kappa shape index (κ2) is 7.67. The Bertz CT molecular complexity index is 904. The van der Waals surface area contributed by atoms with Gasteiger partial charge in [0, 0.05) is 16.8 Å². The molecule has 5 nitrogen and oxygen atoms in total. The molecule has 0 aliphatic heterocycles. The van der Waals surface area contributed by atoms with E-state index in [1.165, 1.54) is 19.1 Å². The number of aromatic nitrogens is 1. The van der Waals surface area contributed by atoms with E-state index in [0.29, 0.717) is 0 Å². The van der Waals surface area contributed by atoms with Crippen molar-refractivity contribution in [1.82, 2.24) is 4.98 Å². The van der Waals surface area contributed by atoms with E-state index in [1.54, 1.807) is 7.11 Å². The highest BCUT2D eigenvalue weighted by molar-refractivity contribution is 6.05. The summed E-state index contributed by atoms with van der Waals surface area (Å²) in [7, 11) is 3.14. The van der Waals surface area contributed by atoms with E-state index in [4.69, 9.17) is 19.5 Å². The maximum Gasteiger partial charge on any atom is 0.314 e. The average Bonchev–Trinajstić information content (AvgIpc) is 2.73. The predicted molar refractivity (Wildman–Crippen MR) is 106 cm³/mol. The summed E-state index contributed by atoms with van der Waals surface area (Å²) < 4.78 is 10.5. The van der Waals surface area contributed by atoms with Gasteiger partial charge in [-0.2, -0.15) is 0 Å². The predicted octanol–water partition coefficient (Wildman–Crippen LogP) is 4.56. The quantitative estimate of drug-likeness (QED) is 0.747. The summed E-state index contributed by atoms with van der Waals surface area (Å²) in [4.78, 5) is 22.3. The second-order valence-corrected chi connectivity index (χ2v) is 7.40. The van der Waals surface area contributed by atoms with Gasteiger partial charge in [-0.05, 0) is 68.7 Å². The highest BCUT2D eigenvalue weighted by Gasteiger charge is 2.29. The molecule has 2 aliphatic carbocycles. The van der Waals surface area contributed by atoms with E-state index in [2.05, 4.69) is 0 Å². The summed E-state index contributed by atoms with van der Waals surface area (Å²) in [5.41, 5.74) is 5.28. The number of carbonyl (C=O) groups excluding carboxylic acids is 1. The van der Waals surface area contributed by atoms with Gasteiger partial charge in [-0.25, -0.2) is 0 Å². The summed E-state index contributed by atoms with van der Waals surface area (Å²) in [6, 6.07) is 5.97. The number of aryl methyl sites for hydroxylation is 1. The molecule has 1 unspecified atom stereocenters. The van der Waals surface area contributed by atoms with Crippen molar-refractivity contribution in [3.05, 3.63) is 29.5 Å². The third kappa shape index (κ3) is 3.43. The van der Waals surface area contributed by atoms with Crippen molar-refractivity contribution < 1.29 is 14.3 Å². The Labute approximate surface area is 159 Å². The van der Waals surface area contributed by atoms with Crippen LogP contribution in [0.2, 0.25) is 0 Å². The lowest BCUT2D eigenvalue weighted by atomic mass is 9.86. The minimum atomic E-state index is -0.225. The second-order valence-electron chi connectivity index (χ2n) is 7.40. The molecular formula is C22H26N2O3. The van der Waals surface area contributed by atoms with Crippen molar-refractivity contribution >= 4 is 28.3 Å². The molecule has 5 heteroatoms. The van der Waals surface area contributed by atoms with Gasteiger partial charge in [0.25, 0.3) is 0 Å². The smallest absolute Gasteiger partial charge is 0.314 e. The third-order valence-corrected chi connectivity index (χ3v) is 5.76. The van der Waals surface area contributed by atoms with Gasteiger partial charge >= 0.3 is 5.97 Å². The Balaban J connectivity index is 1.91. The minimum Gasteiger partial charge on any atom is -0.497 e. The van der Waals surface area contributed by atoms with Crippen LogP contribution >= 0.6 is 0 Å². The van der Waals surface area contributed by atoms with E-state index >= 15 is 0 Å². The Kier molecular flexibility index (Phi) is 5.10. The molecule has 142 valence electrons. The number of pyridine rings is 1. The first kappa shape index (κ1) is 18.0. The fourth-order valence-corrected chi connectivity index (χ4v) is 4.30. The Morgan fingerprint density at radius 3 is 2.74 bits per heavy atom. The van der Waals surface area contributed by atoms with Gasteiger partial charge in [0.2, 0.25) is 0 Å². The maximum atomic E-state index is 12.3. The molecule has 4 rings (SSSR count). The molecule has 1 atom stereocenters. The highest BCUT2D eigenvalue weighted by Crippen LogP contribution is 2.38. The number of benzene rings is 1. The summed E-state index contributed by atoms with van der Waals surface area (Å²) in [6.45, 7) is 0. The molecule has 0 amide bonds. The third-order valence-electron chi connectivity index (χ3n) is 5.76. The molecule has 2 aliphatic rings. The lowest BCUT2D eigenvalue weighted by Crippen LogP contribution is -2.28. The SMILES string of the molecule is COC(=O)C1CCCCC1=Nc1c2c(nc3ccc(OC)cc13)CCCC2. The number of methoxy groups -OCH3 is 2. The lowest BCUT2D eigenvalue weighted by Gasteiger charge is -2.24. The Hall–Kier alpha value is -2.43. The number of ether oxygens (including phenoxy) is 2. The van der Waals surface area contributed by atoms with Crippen molar-refractivity contribution in [2.24, 2.45) is 10.9 Å². The Morgan fingerprint density at radius 1 is 1.11 bits per heavy atom. The maximum absolute atomic E-state index is 12.3. The first-order valence-corrected chi connectivity index (χ1v) is 9.86. The van der Waals surface area contributed by atoms with Gasteiger partial charge in [-0.1, -0.05) is 6.42 Å². The van der Waals surface area contributed by atoms with Crippen LogP contribution < -0.4 is 4.74 Å². The number of esters is 1. The van der Waals surface area contributed by atoms with Gasteiger partial charge in [-0.3, -0.25) is 14.8 Å². The standard InChI is InChI=1S/C22H26N2O3/c1-26-14-11-12-20-17(13-14)21(15-7-3-5-9-18(15)23-20)24-19-10-6-4-8-16(19)22(25)27-2/h11-13,16H,3-10H2,1-2H3. The molecule has 27 heavy (non-hydrogen) atoms. The molecule has 1 saturated carbocycles. The zero-order valence-electron chi connectivity index (χ0n) is 16.1. The van der Waals surface area contributed by atoms with E-state index in [0.717, 1.165) is 78.7 Å². The van der Waals surface area contributed by atoms with E-state index in [1.807, 2.05) is 18.2 Å². The minimum absolute atomic E-state index is 0.168. The van der Waals surface area contributed by atoms with Crippen molar-refractivity contribution in [2.75, 3.05) is 14.2 Å². The fourth-order valence-electron chi connectivity index (χ4n) is 4.30. The van der Waals surface area contributed by atoms with Crippen LogP contribution in [0.4, 0.5) is 5.69 Å². The molecule has 0 radical (unpaired) electrons. The van der Waals surface area contributed by atoms with E-state index < -0.39 is 0 Å². The number of hydrogen-bond acceptors (Lipinski definition) is 5. The highest BCUT2D eigenvalue weighted by atomic mass is 16.5. The fraction of sp³-hybridized carbons (Fsp3) is 0.500. The van der Waals surface area contributed by atoms with Crippen LogP contribution in [0.15, 0.2) is 23.2 Å². The number of nitrogens with zero attached hydrogens (tertiary/aromatic N) is 2. The van der Waals surface area contributed by atoms with Crippen LogP contribution in [0.1, 0.15) is 49.8 Å².